The van der Waals surface area contributed by atoms with E-state index >= 15 is 0 Å². The zero-order chi connectivity index (χ0) is 19.9. The van der Waals surface area contributed by atoms with Gasteiger partial charge in [0.05, 0.1) is 0 Å². The Morgan fingerprint density at radius 2 is 1.50 bits per heavy atom. The summed E-state index contributed by atoms with van der Waals surface area (Å²) >= 11 is 0. The molecular formula is C25H33N. The second kappa shape index (κ2) is 13.5. The Kier molecular flexibility index (Phi) is 12.0. The predicted octanol–water partition coefficient (Wildman–Crippen LogP) is 7.26. The lowest BCUT2D eigenvalue weighted by Gasteiger charge is -2.09. The quantitative estimate of drug-likeness (QED) is 0.410. The van der Waals surface area contributed by atoms with Gasteiger partial charge in [-0.3, -0.25) is 0 Å². The second-order valence-electron chi connectivity index (χ2n) is 5.95. The summed E-state index contributed by atoms with van der Waals surface area (Å²) in [6, 6.07) is 0. The van der Waals surface area contributed by atoms with Gasteiger partial charge in [-0.2, -0.15) is 0 Å². The normalized spacial score (nSPS) is 14.5. The van der Waals surface area contributed by atoms with Crippen LogP contribution in [0.15, 0.2) is 120 Å². The van der Waals surface area contributed by atoms with E-state index in [1.807, 2.05) is 75.6 Å². The van der Waals surface area contributed by atoms with Gasteiger partial charge in [-0.15, -0.1) is 0 Å². The lowest BCUT2D eigenvalue weighted by atomic mass is 10.1. The van der Waals surface area contributed by atoms with Crippen LogP contribution < -0.4 is 5.32 Å². The van der Waals surface area contributed by atoms with Crippen LogP contribution in [0.4, 0.5) is 0 Å². The molecule has 0 aliphatic heterocycles. The molecule has 0 aliphatic rings. The molecule has 0 radical (unpaired) electrons. The summed E-state index contributed by atoms with van der Waals surface area (Å²) in [4.78, 5) is 0. The summed E-state index contributed by atoms with van der Waals surface area (Å²) in [5.74, 6) is 0. The number of nitrogens with one attached hydrogen (secondary N) is 1. The first-order valence-corrected chi connectivity index (χ1v) is 8.79. The van der Waals surface area contributed by atoms with Crippen molar-refractivity contribution in [3.8, 4) is 0 Å². The van der Waals surface area contributed by atoms with Crippen molar-refractivity contribution in [1.29, 1.82) is 0 Å². The molecule has 0 amide bonds. The van der Waals surface area contributed by atoms with Gasteiger partial charge in [-0.25, -0.2) is 0 Å². The Hall–Kier alpha value is -2.80. The lowest BCUT2D eigenvalue weighted by molar-refractivity contribution is 1.06. The van der Waals surface area contributed by atoms with E-state index in [-0.39, 0.29) is 0 Å². The van der Waals surface area contributed by atoms with E-state index in [1.165, 1.54) is 11.1 Å². The number of hydrogen-bond donors (Lipinski definition) is 1. The summed E-state index contributed by atoms with van der Waals surface area (Å²) in [7, 11) is 0. The molecule has 0 saturated heterocycles. The van der Waals surface area contributed by atoms with Crippen LogP contribution in [-0.2, 0) is 0 Å². The van der Waals surface area contributed by atoms with Crippen molar-refractivity contribution in [3.63, 3.8) is 0 Å². The Morgan fingerprint density at radius 1 is 0.846 bits per heavy atom. The van der Waals surface area contributed by atoms with Crippen LogP contribution >= 0.6 is 0 Å². The molecule has 0 heterocycles. The molecule has 0 bridgehead atoms. The number of rotatable bonds is 10. The van der Waals surface area contributed by atoms with E-state index in [0.29, 0.717) is 0 Å². The highest BCUT2D eigenvalue weighted by molar-refractivity contribution is 5.47. The largest absolute Gasteiger partial charge is 0.361 e. The number of hydrogen-bond acceptors (Lipinski definition) is 1. The third-order valence-electron chi connectivity index (χ3n) is 3.59. The van der Waals surface area contributed by atoms with Gasteiger partial charge >= 0.3 is 0 Å². The monoisotopic (exact) mass is 347 g/mol. The Labute approximate surface area is 160 Å². The summed E-state index contributed by atoms with van der Waals surface area (Å²) in [5, 5.41) is 3.35. The molecule has 0 fully saturated rings. The van der Waals surface area contributed by atoms with E-state index in [4.69, 9.17) is 0 Å². The maximum absolute atomic E-state index is 4.12. The van der Waals surface area contributed by atoms with Crippen LogP contribution in [-0.4, -0.2) is 0 Å². The maximum Gasteiger partial charge on any atom is 0.0408 e. The van der Waals surface area contributed by atoms with E-state index in [9.17, 15) is 0 Å². The molecular weight excluding hydrogens is 314 g/mol. The van der Waals surface area contributed by atoms with Gasteiger partial charge < -0.3 is 5.32 Å². The average Bonchev–Trinajstić information content (AvgIpc) is 2.60. The van der Waals surface area contributed by atoms with Crippen molar-refractivity contribution in [2.24, 2.45) is 0 Å². The van der Waals surface area contributed by atoms with E-state index in [2.05, 4.69) is 45.0 Å². The topological polar surface area (TPSA) is 12.0 Å². The molecule has 1 heteroatoms. The molecule has 138 valence electrons. The number of allylic oxidation sites excluding steroid dienone is 15. The third-order valence-corrected chi connectivity index (χ3v) is 3.59. The average molecular weight is 348 g/mol. The van der Waals surface area contributed by atoms with Crippen molar-refractivity contribution < 1.29 is 0 Å². The van der Waals surface area contributed by atoms with Crippen molar-refractivity contribution in [2.45, 2.75) is 34.6 Å². The molecule has 0 spiro atoms. The second-order valence-corrected chi connectivity index (χ2v) is 5.95. The van der Waals surface area contributed by atoms with Crippen LogP contribution in [0.25, 0.3) is 0 Å². The Bertz CT molecular complexity index is 713. The molecule has 1 N–H and O–H groups in total. The van der Waals surface area contributed by atoms with Gasteiger partial charge in [0.25, 0.3) is 0 Å². The van der Waals surface area contributed by atoms with Crippen LogP contribution in [0.5, 0.6) is 0 Å². The first-order chi connectivity index (χ1) is 12.4. The first kappa shape index (κ1) is 23.2. The standard InChI is InChI=1S/C25H33N/c1-9-13-21(6)23(8)25(15-11-3)26-19-12-16-24(14-10-2)22(7)18-17-20(4)5/h9-19,26H,1,4,7H2,2-3,5-6,8H3/b14-10-,15-11-,18-17-,19-12+,21-13+,24-16+,25-23-. The molecule has 0 aliphatic carbocycles. The van der Waals surface area contributed by atoms with Crippen molar-refractivity contribution in [2.75, 3.05) is 0 Å². The fraction of sp³-hybridized carbons (Fsp3) is 0.200. The minimum atomic E-state index is 0.945. The summed E-state index contributed by atoms with van der Waals surface area (Å²) in [6.07, 6.45) is 21.8. The van der Waals surface area contributed by atoms with Crippen LogP contribution in [0.3, 0.4) is 0 Å². The van der Waals surface area contributed by atoms with Crippen LogP contribution in [0, 0.1) is 0 Å². The Morgan fingerprint density at radius 3 is 2.04 bits per heavy atom. The SMILES string of the molecule is C=C/C=C(C)/C(C)=C(/C=C\C)N/C=C/C=C(\C=C/C)C(=C)/C=C\C(=C)C. The smallest absolute Gasteiger partial charge is 0.0408 e. The molecule has 0 rings (SSSR count). The zero-order valence-corrected chi connectivity index (χ0v) is 17.0. The van der Waals surface area contributed by atoms with Gasteiger partial charge in [0.15, 0.2) is 0 Å². The molecule has 1 nitrogen and oxygen atoms in total. The van der Waals surface area contributed by atoms with Gasteiger partial charge in [-0.05, 0) is 69.1 Å². The van der Waals surface area contributed by atoms with E-state index < -0.39 is 0 Å². The summed E-state index contributed by atoms with van der Waals surface area (Å²) in [5.41, 5.74) is 6.42. The summed E-state index contributed by atoms with van der Waals surface area (Å²) < 4.78 is 0. The summed E-state index contributed by atoms with van der Waals surface area (Å²) in [6.45, 7) is 21.9. The van der Waals surface area contributed by atoms with Crippen LogP contribution in [0.2, 0.25) is 0 Å². The Balaban J connectivity index is 5.42. The minimum absolute atomic E-state index is 0.945. The maximum atomic E-state index is 4.12. The highest BCUT2D eigenvalue weighted by atomic mass is 14.8. The lowest BCUT2D eigenvalue weighted by Crippen LogP contribution is -2.05. The van der Waals surface area contributed by atoms with Crippen molar-refractivity contribution in [1.82, 2.24) is 5.32 Å². The fourth-order valence-electron chi connectivity index (χ4n) is 2.04. The molecule has 0 saturated carbocycles. The molecule has 0 aromatic heterocycles. The molecule has 0 unspecified atom stereocenters. The third kappa shape index (κ3) is 9.48. The van der Waals surface area contributed by atoms with Gasteiger partial charge in [-0.1, -0.05) is 73.9 Å². The van der Waals surface area contributed by atoms with Crippen molar-refractivity contribution >= 4 is 0 Å². The van der Waals surface area contributed by atoms with Gasteiger partial charge in [0.1, 0.15) is 0 Å². The fourth-order valence-corrected chi connectivity index (χ4v) is 2.04. The van der Waals surface area contributed by atoms with Crippen molar-refractivity contribution in [3.05, 3.63) is 120 Å². The molecule has 0 atom stereocenters. The molecule has 0 aromatic carbocycles. The first-order valence-electron chi connectivity index (χ1n) is 8.79. The van der Waals surface area contributed by atoms with E-state index in [0.717, 1.165) is 22.4 Å². The highest BCUT2D eigenvalue weighted by Crippen LogP contribution is 2.14. The van der Waals surface area contributed by atoms with Gasteiger partial charge in [0.2, 0.25) is 0 Å². The molecule has 0 aromatic rings. The zero-order valence-electron chi connectivity index (χ0n) is 17.0. The van der Waals surface area contributed by atoms with Gasteiger partial charge in [0, 0.05) is 11.9 Å². The minimum Gasteiger partial charge on any atom is -0.361 e. The van der Waals surface area contributed by atoms with E-state index in [1.54, 1.807) is 6.08 Å². The molecule has 26 heavy (non-hydrogen) atoms. The predicted molar refractivity (Wildman–Crippen MR) is 120 cm³/mol. The van der Waals surface area contributed by atoms with Crippen LogP contribution in [0.1, 0.15) is 34.6 Å². The highest BCUT2D eigenvalue weighted by Gasteiger charge is 1.99.